The number of hydrogen-bond acceptors (Lipinski definition) is 4. The van der Waals surface area contributed by atoms with Gasteiger partial charge in [0, 0.05) is 26.1 Å². The van der Waals surface area contributed by atoms with E-state index in [1.807, 2.05) is 18.2 Å². The topological polar surface area (TPSA) is 76.4 Å². The van der Waals surface area contributed by atoms with E-state index in [2.05, 4.69) is 29.7 Å². The smallest absolute Gasteiger partial charge is 0.220 e. The lowest BCUT2D eigenvalue weighted by atomic mass is 10.1. The van der Waals surface area contributed by atoms with Crippen molar-refractivity contribution < 1.29 is 9.53 Å². The molecule has 0 fully saturated rings. The number of anilines is 1. The summed E-state index contributed by atoms with van der Waals surface area (Å²) in [7, 11) is 1.65. The van der Waals surface area contributed by atoms with Gasteiger partial charge in [-0.3, -0.25) is 4.79 Å². The molecule has 5 nitrogen and oxygen atoms in total. The van der Waals surface area contributed by atoms with Gasteiger partial charge in [0.15, 0.2) is 0 Å². The number of methoxy groups -OCH3 is 1. The highest BCUT2D eigenvalue weighted by atomic mass is 16.5. The fourth-order valence-electron chi connectivity index (χ4n) is 3.84. The molecular weight excluding hydrogens is 410 g/mol. The minimum atomic E-state index is 0.122. The van der Waals surface area contributed by atoms with Gasteiger partial charge in [-0.2, -0.15) is 0 Å². The van der Waals surface area contributed by atoms with Crippen LogP contribution in [0.2, 0.25) is 0 Å². The first-order chi connectivity index (χ1) is 16.2. The molecule has 0 aromatic heterocycles. The van der Waals surface area contributed by atoms with Gasteiger partial charge >= 0.3 is 0 Å². The Bertz CT molecular complexity index is 646. The fourth-order valence-corrected chi connectivity index (χ4v) is 3.84. The van der Waals surface area contributed by atoms with Crippen LogP contribution in [0, 0.1) is 0 Å². The quantitative estimate of drug-likeness (QED) is 0.141. The molecule has 0 heterocycles. The van der Waals surface area contributed by atoms with E-state index in [0.717, 1.165) is 29.8 Å². The number of carbonyl (C=O) groups excluding carboxylic acids is 1. The van der Waals surface area contributed by atoms with E-state index in [0.29, 0.717) is 26.1 Å². The Morgan fingerprint density at radius 3 is 2.21 bits per heavy atom. The molecule has 33 heavy (non-hydrogen) atoms. The van der Waals surface area contributed by atoms with Crippen LogP contribution < -0.4 is 21.1 Å². The van der Waals surface area contributed by atoms with Crippen molar-refractivity contribution in [3.63, 3.8) is 0 Å². The number of unbranched alkanes of at least 4 members (excludes halogenated alkanes) is 11. The summed E-state index contributed by atoms with van der Waals surface area (Å²) in [6.07, 6.45) is 21.8. The maximum Gasteiger partial charge on any atom is 0.220 e. The molecule has 0 spiro atoms. The Morgan fingerprint density at radius 2 is 1.58 bits per heavy atom. The van der Waals surface area contributed by atoms with Crippen LogP contribution in [0.1, 0.15) is 102 Å². The van der Waals surface area contributed by atoms with Crippen LogP contribution in [-0.4, -0.2) is 26.1 Å². The molecule has 1 rings (SSSR count). The summed E-state index contributed by atoms with van der Waals surface area (Å²) in [6, 6.07) is 5.94. The predicted octanol–water partition coefficient (Wildman–Crippen LogP) is 6.72. The summed E-state index contributed by atoms with van der Waals surface area (Å²) < 4.78 is 5.43. The van der Waals surface area contributed by atoms with Crippen LogP contribution in [0.5, 0.6) is 5.75 Å². The second kappa shape index (κ2) is 20.6. The summed E-state index contributed by atoms with van der Waals surface area (Å²) in [5.74, 6) is 0.893. The summed E-state index contributed by atoms with van der Waals surface area (Å²) in [4.78, 5) is 12.1. The Kier molecular flexibility index (Phi) is 18.1. The molecule has 0 saturated carbocycles. The van der Waals surface area contributed by atoms with E-state index in [4.69, 9.17) is 10.5 Å². The van der Waals surface area contributed by atoms with Crippen LogP contribution in [0.25, 0.3) is 0 Å². The van der Waals surface area contributed by atoms with Crippen LogP contribution in [0.4, 0.5) is 5.69 Å². The Morgan fingerprint density at radius 1 is 0.939 bits per heavy atom. The van der Waals surface area contributed by atoms with Crippen molar-refractivity contribution in [2.45, 2.75) is 103 Å². The van der Waals surface area contributed by atoms with Gasteiger partial charge in [0.05, 0.1) is 12.8 Å². The minimum Gasteiger partial charge on any atom is -0.495 e. The van der Waals surface area contributed by atoms with E-state index >= 15 is 0 Å². The number of nitrogens with two attached hydrogens (primary N) is 1. The summed E-state index contributed by atoms with van der Waals surface area (Å²) in [5, 5.41) is 6.25. The second-order valence-corrected chi connectivity index (χ2v) is 8.86. The van der Waals surface area contributed by atoms with Crippen molar-refractivity contribution in [2.24, 2.45) is 5.73 Å². The Labute approximate surface area is 202 Å². The van der Waals surface area contributed by atoms with Crippen molar-refractivity contribution in [1.82, 2.24) is 5.32 Å². The Balaban J connectivity index is 2.01. The molecule has 5 heteroatoms. The summed E-state index contributed by atoms with van der Waals surface area (Å²) >= 11 is 0. The maximum atomic E-state index is 12.1. The molecule has 0 bridgehead atoms. The zero-order valence-electron chi connectivity index (χ0n) is 21.3. The van der Waals surface area contributed by atoms with Crippen molar-refractivity contribution in [1.29, 1.82) is 0 Å². The fraction of sp³-hybridized carbons (Fsp3) is 0.679. The number of rotatable bonds is 21. The lowest BCUT2D eigenvalue weighted by Gasteiger charge is -2.12. The number of ether oxygens (including phenoxy) is 1. The molecule has 1 amide bonds. The normalized spacial score (nSPS) is 11.1. The van der Waals surface area contributed by atoms with Gasteiger partial charge in [-0.05, 0) is 49.8 Å². The minimum absolute atomic E-state index is 0.122. The van der Waals surface area contributed by atoms with Gasteiger partial charge in [0.2, 0.25) is 5.91 Å². The van der Waals surface area contributed by atoms with Crippen molar-refractivity contribution in [3.8, 4) is 5.75 Å². The third kappa shape index (κ3) is 15.5. The van der Waals surface area contributed by atoms with Gasteiger partial charge in [-0.25, -0.2) is 0 Å². The molecule has 188 valence electrons. The van der Waals surface area contributed by atoms with Gasteiger partial charge in [-0.1, -0.05) is 76.5 Å². The van der Waals surface area contributed by atoms with Crippen LogP contribution >= 0.6 is 0 Å². The molecule has 0 aliphatic heterocycles. The van der Waals surface area contributed by atoms with E-state index in [9.17, 15) is 4.79 Å². The van der Waals surface area contributed by atoms with E-state index in [1.165, 1.54) is 70.6 Å². The SMILES string of the molecule is CCCCCCCC/C=C\CCCCCCCC(=O)NCc1ccc(NCCN)c(OC)c1. The number of nitrogens with one attached hydrogen (secondary N) is 2. The predicted molar refractivity (Wildman–Crippen MR) is 142 cm³/mol. The van der Waals surface area contributed by atoms with E-state index in [-0.39, 0.29) is 5.91 Å². The van der Waals surface area contributed by atoms with Crippen LogP contribution in [0.15, 0.2) is 30.4 Å². The Hall–Kier alpha value is -2.01. The largest absolute Gasteiger partial charge is 0.495 e. The number of amides is 1. The molecule has 0 unspecified atom stereocenters. The highest BCUT2D eigenvalue weighted by Crippen LogP contribution is 2.25. The van der Waals surface area contributed by atoms with Gasteiger partial charge in [0.25, 0.3) is 0 Å². The second-order valence-electron chi connectivity index (χ2n) is 8.86. The molecular formula is C28H49N3O2. The first-order valence-corrected chi connectivity index (χ1v) is 13.2. The third-order valence-corrected chi connectivity index (χ3v) is 5.88. The number of benzene rings is 1. The highest BCUT2D eigenvalue weighted by Gasteiger charge is 2.06. The van der Waals surface area contributed by atoms with Crippen LogP contribution in [0.3, 0.4) is 0 Å². The molecule has 0 aliphatic carbocycles. The number of carbonyl (C=O) groups is 1. The molecule has 0 saturated heterocycles. The molecule has 1 aromatic carbocycles. The molecule has 1 aromatic rings. The molecule has 0 radical (unpaired) electrons. The van der Waals surface area contributed by atoms with Crippen LogP contribution in [-0.2, 0) is 11.3 Å². The first kappa shape index (κ1) is 29.0. The molecule has 0 atom stereocenters. The monoisotopic (exact) mass is 459 g/mol. The number of allylic oxidation sites excluding steroid dienone is 2. The zero-order valence-corrected chi connectivity index (χ0v) is 21.3. The lowest BCUT2D eigenvalue weighted by molar-refractivity contribution is -0.121. The standard InChI is InChI=1S/C28H49N3O2/c1-3-4-5-6-7-8-9-10-11-12-13-14-15-16-17-18-28(32)31-24-25-19-20-26(30-22-21-29)27(23-25)33-2/h10-11,19-20,23,30H,3-9,12-18,21-22,24,29H2,1-2H3,(H,31,32)/b11-10-. The summed E-state index contributed by atoms with van der Waals surface area (Å²) in [6.45, 7) is 4.06. The van der Waals surface area contributed by atoms with Gasteiger partial charge in [0.1, 0.15) is 5.75 Å². The van der Waals surface area contributed by atoms with E-state index < -0.39 is 0 Å². The maximum absolute atomic E-state index is 12.1. The molecule has 0 aliphatic rings. The molecule has 4 N–H and O–H groups in total. The van der Waals surface area contributed by atoms with Gasteiger partial charge < -0.3 is 21.1 Å². The third-order valence-electron chi connectivity index (χ3n) is 5.88. The number of hydrogen-bond donors (Lipinski definition) is 3. The van der Waals surface area contributed by atoms with Crippen molar-refractivity contribution >= 4 is 11.6 Å². The average molecular weight is 460 g/mol. The van der Waals surface area contributed by atoms with Crippen molar-refractivity contribution in [3.05, 3.63) is 35.9 Å². The summed E-state index contributed by atoms with van der Waals surface area (Å²) in [5.41, 5.74) is 7.49. The average Bonchev–Trinajstić information content (AvgIpc) is 2.84. The van der Waals surface area contributed by atoms with Crippen molar-refractivity contribution in [2.75, 3.05) is 25.5 Å². The lowest BCUT2D eigenvalue weighted by Crippen LogP contribution is -2.22. The highest BCUT2D eigenvalue weighted by molar-refractivity contribution is 5.75. The van der Waals surface area contributed by atoms with Gasteiger partial charge in [-0.15, -0.1) is 0 Å². The zero-order chi connectivity index (χ0) is 24.0. The first-order valence-electron chi connectivity index (χ1n) is 13.2. The van der Waals surface area contributed by atoms with E-state index in [1.54, 1.807) is 7.11 Å².